The molecule has 0 heterocycles. The molecule has 1 rings (SSSR count). The number of alkyl halides is 1. The van der Waals surface area contributed by atoms with Crippen molar-refractivity contribution in [3.05, 3.63) is 35.9 Å². The molecule has 0 amide bonds. The number of nitrogens with two attached hydrogens (primary N) is 1. The summed E-state index contributed by atoms with van der Waals surface area (Å²) in [5.41, 5.74) is 6.64. The second-order valence-corrected chi connectivity index (χ2v) is 2.80. The summed E-state index contributed by atoms with van der Waals surface area (Å²) >= 11 is 3.26. The van der Waals surface area contributed by atoms with Gasteiger partial charge in [-0.1, -0.05) is 46.3 Å². The van der Waals surface area contributed by atoms with Crippen LogP contribution in [-0.4, -0.2) is 0 Å². The maximum atomic E-state index is 5.53. The average Bonchev–Trinajstić information content (AvgIpc) is 1.90. The highest BCUT2D eigenvalue weighted by molar-refractivity contribution is 9.09. The molecule has 1 aromatic rings. The Bertz CT molecular complexity index is 174. The van der Waals surface area contributed by atoms with E-state index < -0.39 is 0 Å². The third kappa shape index (κ3) is 2.47. The fourth-order valence-electron chi connectivity index (χ4n) is 0.637. The first-order valence-corrected chi connectivity index (χ1v) is 3.67. The first-order valence-electron chi connectivity index (χ1n) is 2.75. The number of halogens is 1. The summed E-state index contributed by atoms with van der Waals surface area (Å²) < 4.78 is 0. The lowest BCUT2D eigenvalue weighted by Gasteiger charge is -2.00. The molecule has 0 saturated carbocycles. The van der Waals surface area contributed by atoms with E-state index in [2.05, 4.69) is 15.9 Å². The van der Waals surface area contributed by atoms with Gasteiger partial charge in [0.1, 0.15) is 0 Å². The molecular weight excluding hydrogens is 192 g/mol. The van der Waals surface area contributed by atoms with Crippen molar-refractivity contribution in [1.82, 2.24) is 6.15 Å². The molecule has 0 saturated heterocycles. The first-order chi connectivity index (χ1) is 4.30. The predicted octanol–water partition coefficient (Wildman–Crippen LogP) is 2.20. The van der Waals surface area contributed by atoms with Crippen LogP contribution in [0.4, 0.5) is 0 Å². The highest BCUT2D eigenvalue weighted by Crippen LogP contribution is 2.14. The van der Waals surface area contributed by atoms with Gasteiger partial charge < -0.3 is 11.9 Å². The van der Waals surface area contributed by atoms with Gasteiger partial charge in [0.2, 0.25) is 0 Å². The minimum atomic E-state index is -0.0290. The van der Waals surface area contributed by atoms with Crippen LogP contribution in [0.5, 0.6) is 0 Å². The van der Waals surface area contributed by atoms with Gasteiger partial charge in [-0.15, -0.1) is 0 Å². The second kappa shape index (κ2) is 4.44. The lowest BCUT2D eigenvalue weighted by Crippen LogP contribution is -1.99. The van der Waals surface area contributed by atoms with Gasteiger partial charge in [-0.2, -0.15) is 0 Å². The molecule has 1 unspecified atom stereocenters. The molecule has 0 aliphatic rings. The molecule has 0 aromatic heterocycles. The van der Waals surface area contributed by atoms with Gasteiger partial charge in [0, 0.05) is 0 Å². The van der Waals surface area contributed by atoms with Crippen LogP contribution in [0.1, 0.15) is 10.5 Å². The van der Waals surface area contributed by atoms with Crippen molar-refractivity contribution in [3.63, 3.8) is 0 Å². The Balaban J connectivity index is 0.000000810. The SMILES string of the molecule is N.NC(Br)c1ccccc1. The minimum absolute atomic E-state index is 0. The Morgan fingerprint density at radius 2 is 1.70 bits per heavy atom. The summed E-state index contributed by atoms with van der Waals surface area (Å²) in [5.74, 6) is 0. The van der Waals surface area contributed by atoms with E-state index in [0.29, 0.717) is 0 Å². The Labute approximate surface area is 69.1 Å². The minimum Gasteiger partial charge on any atom is -0.344 e. The fourth-order valence-corrected chi connectivity index (χ4v) is 0.942. The summed E-state index contributed by atoms with van der Waals surface area (Å²) in [6.45, 7) is 0. The summed E-state index contributed by atoms with van der Waals surface area (Å²) in [6, 6.07) is 9.88. The summed E-state index contributed by atoms with van der Waals surface area (Å²) in [7, 11) is 0. The Kier molecular flexibility index (Phi) is 4.27. The number of rotatable bonds is 1. The monoisotopic (exact) mass is 202 g/mol. The van der Waals surface area contributed by atoms with E-state index in [9.17, 15) is 0 Å². The van der Waals surface area contributed by atoms with E-state index >= 15 is 0 Å². The lowest BCUT2D eigenvalue weighted by atomic mass is 10.2. The van der Waals surface area contributed by atoms with Crippen LogP contribution in [0.25, 0.3) is 0 Å². The molecule has 3 heteroatoms. The van der Waals surface area contributed by atoms with Crippen LogP contribution in [0, 0.1) is 0 Å². The van der Waals surface area contributed by atoms with Crippen LogP contribution in [-0.2, 0) is 0 Å². The molecule has 0 spiro atoms. The van der Waals surface area contributed by atoms with Gasteiger partial charge in [-0.05, 0) is 5.56 Å². The Morgan fingerprint density at radius 1 is 1.20 bits per heavy atom. The molecule has 0 aliphatic heterocycles. The van der Waals surface area contributed by atoms with Crippen molar-refractivity contribution in [2.24, 2.45) is 5.73 Å². The molecule has 56 valence electrons. The zero-order chi connectivity index (χ0) is 6.69. The van der Waals surface area contributed by atoms with Crippen LogP contribution < -0.4 is 11.9 Å². The fraction of sp³-hybridized carbons (Fsp3) is 0.143. The van der Waals surface area contributed by atoms with Crippen molar-refractivity contribution in [3.8, 4) is 0 Å². The van der Waals surface area contributed by atoms with Crippen LogP contribution in [0.3, 0.4) is 0 Å². The van der Waals surface area contributed by atoms with Crippen LogP contribution in [0.15, 0.2) is 30.3 Å². The number of hydrogen-bond donors (Lipinski definition) is 2. The highest BCUT2D eigenvalue weighted by Gasteiger charge is 1.95. The van der Waals surface area contributed by atoms with E-state index in [4.69, 9.17) is 5.73 Å². The highest BCUT2D eigenvalue weighted by atomic mass is 79.9. The van der Waals surface area contributed by atoms with Crippen molar-refractivity contribution < 1.29 is 0 Å². The summed E-state index contributed by atoms with van der Waals surface area (Å²) in [4.78, 5) is -0.0290. The smallest absolute Gasteiger partial charge is 0.0861 e. The summed E-state index contributed by atoms with van der Waals surface area (Å²) in [6.07, 6.45) is 0. The predicted molar refractivity (Wildman–Crippen MR) is 47.3 cm³/mol. The molecule has 1 aromatic carbocycles. The van der Waals surface area contributed by atoms with Gasteiger partial charge in [0.25, 0.3) is 0 Å². The Morgan fingerprint density at radius 3 is 2.00 bits per heavy atom. The van der Waals surface area contributed by atoms with Gasteiger partial charge in [-0.3, -0.25) is 0 Å². The first kappa shape index (κ1) is 9.62. The lowest BCUT2D eigenvalue weighted by molar-refractivity contribution is 1.06. The molecule has 0 radical (unpaired) electrons. The molecule has 0 fully saturated rings. The maximum absolute atomic E-state index is 5.53. The molecular formula is C7H11BrN2. The zero-order valence-corrected chi connectivity index (χ0v) is 7.21. The number of benzene rings is 1. The van der Waals surface area contributed by atoms with E-state index in [-0.39, 0.29) is 11.1 Å². The van der Waals surface area contributed by atoms with Crippen molar-refractivity contribution >= 4 is 15.9 Å². The topological polar surface area (TPSA) is 61.0 Å². The van der Waals surface area contributed by atoms with E-state index in [1.165, 1.54) is 0 Å². The van der Waals surface area contributed by atoms with Gasteiger partial charge >= 0.3 is 0 Å². The number of hydrogen-bond acceptors (Lipinski definition) is 2. The van der Waals surface area contributed by atoms with Gasteiger partial charge in [0.15, 0.2) is 0 Å². The van der Waals surface area contributed by atoms with E-state index in [1.807, 2.05) is 30.3 Å². The second-order valence-electron chi connectivity index (χ2n) is 1.81. The van der Waals surface area contributed by atoms with Crippen molar-refractivity contribution in [2.75, 3.05) is 0 Å². The van der Waals surface area contributed by atoms with Crippen molar-refractivity contribution in [2.45, 2.75) is 4.95 Å². The third-order valence-corrected chi connectivity index (χ3v) is 1.65. The van der Waals surface area contributed by atoms with Crippen LogP contribution in [0.2, 0.25) is 0 Å². The molecule has 0 bridgehead atoms. The largest absolute Gasteiger partial charge is 0.344 e. The normalized spacial score (nSPS) is 11.8. The van der Waals surface area contributed by atoms with Gasteiger partial charge in [-0.25, -0.2) is 0 Å². The molecule has 1 atom stereocenters. The van der Waals surface area contributed by atoms with Crippen LogP contribution >= 0.6 is 15.9 Å². The maximum Gasteiger partial charge on any atom is 0.0861 e. The quantitative estimate of drug-likeness (QED) is 0.542. The van der Waals surface area contributed by atoms with E-state index in [0.717, 1.165) is 5.56 Å². The molecule has 0 aliphatic carbocycles. The Hall–Kier alpha value is -0.380. The summed E-state index contributed by atoms with van der Waals surface area (Å²) in [5, 5.41) is 0. The van der Waals surface area contributed by atoms with Crippen molar-refractivity contribution in [1.29, 1.82) is 0 Å². The average molecular weight is 203 g/mol. The molecule has 5 N–H and O–H groups in total. The zero-order valence-electron chi connectivity index (χ0n) is 5.63. The molecule has 2 nitrogen and oxygen atoms in total. The third-order valence-electron chi connectivity index (χ3n) is 1.12. The molecule has 10 heavy (non-hydrogen) atoms. The van der Waals surface area contributed by atoms with Gasteiger partial charge in [0.05, 0.1) is 4.95 Å². The standard InChI is InChI=1S/C7H8BrN.H3N/c8-7(9)6-4-2-1-3-5-6;/h1-5,7H,9H2;1H3. The van der Waals surface area contributed by atoms with E-state index in [1.54, 1.807) is 0 Å².